The SMILES string of the molecule is C[C@@H](C(=O)N1CCCCCC1)N1CCn2ccnc2C1. The van der Waals surface area contributed by atoms with Crippen LogP contribution >= 0.6 is 0 Å². The Balaban J connectivity index is 1.63. The second kappa shape index (κ2) is 5.95. The summed E-state index contributed by atoms with van der Waals surface area (Å²) in [6.45, 7) is 6.58. The van der Waals surface area contributed by atoms with Crippen LogP contribution in [0.1, 0.15) is 38.4 Å². The Morgan fingerprint density at radius 2 is 1.90 bits per heavy atom. The van der Waals surface area contributed by atoms with Crippen LogP contribution < -0.4 is 0 Å². The fourth-order valence-corrected chi connectivity index (χ4v) is 3.23. The van der Waals surface area contributed by atoms with Crippen molar-refractivity contribution in [2.24, 2.45) is 0 Å². The number of rotatable bonds is 2. The Morgan fingerprint density at radius 1 is 1.15 bits per heavy atom. The Labute approximate surface area is 120 Å². The summed E-state index contributed by atoms with van der Waals surface area (Å²) in [5, 5.41) is 0. The molecule has 0 unspecified atom stereocenters. The van der Waals surface area contributed by atoms with Gasteiger partial charge in [-0.25, -0.2) is 4.98 Å². The molecule has 5 nitrogen and oxygen atoms in total. The minimum absolute atomic E-state index is 0.0291. The summed E-state index contributed by atoms with van der Waals surface area (Å²) in [6.07, 6.45) is 8.71. The molecule has 0 spiro atoms. The Kier molecular flexibility index (Phi) is 4.05. The number of carbonyl (C=O) groups excluding carboxylic acids is 1. The number of nitrogens with zero attached hydrogens (tertiary/aromatic N) is 4. The van der Waals surface area contributed by atoms with Crippen LogP contribution in [0.2, 0.25) is 0 Å². The van der Waals surface area contributed by atoms with Crippen molar-refractivity contribution < 1.29 is 4.79 Å². The van der Waals surface area contributed by atoms with Crippen molar-refractivity contribution in [1.82, 2.24) is 19.4 Å². The average molecular weight is 276 g/mol. The van der Waals surface area contributed by atoms with Gasteiger partial charge in [0.05, 0.1) is 12.6 Å². The number of hydrogen-bond donors (Lipinski definition) is 0. The third-order valence-electron chi connectivity index (χ3n) is 4.60. The van der Waals surface area contributed by atoms with Gasteiger partial charge >= 0.3 is 0 Å². The van der Waals surface area contributed by atoms with Gasteiger partial charge in [0.25, 0.3) is 0 Å². The normalized spacial score (nSPS) is 22.1. The van der Waals surface area contributed by atoms with Crippen molar-refractivity contribution in [1.29, 1.82) is 0 Å². The van der Waals surface area contributed by atoms with Crippen LogP contribution in [0.15, 0.2) is 12.4 Å². The molecule has 0 bridgehead atoms. The lowest BCUT2D eigenvalue weighted by Crippen LogP contribution is -2.49. The van der Waals surface area contributed by atoms with E-state index in [1.807, 2.05) is 19.3 Å². The highest BCUT2D eigenvalue weighted by molar-refractivity contribution is 5.81. The number of aromatic nitrogens is 2. The van der Waals surface area contributed by atoms with E-state index in [1.54, 1.807) is 0 Å². The number of imidazole rings is 1. The van der Waals surface area contributed by atoms with Gasteiger partial charge in [-0.15, -0.1) is 0 Å². The Morgan fingerprint density at radius 3 is 2.65 bits per heavy atom. The van der Waals surface area contributed by atoms with E-state index in [-0.39, 0.29) is 6.04 Å². The van der Waals surface area contributed by atoms with Crippen LogP contribution in [0.4, 0.5) is 0 Å². The van der Waals surface area contributed by atoms with Crippen LogP contribution in [-0.4, -0.2) is 50.9 Å². The summed E-state index contributed by atoms with van der Waals surface area (Å²) in [7, 11) is 0. The molecule has 20 heavy (non-hydrogen) atoms. The van der Waals surface area contributed by atoms with E-state index in [4.69, 9.17) is 0 Å². The van der Waals surface area contributed by atoms with E-state index >= 15 is 0 Å². The van der Waals surface area contributed by atoms with Crippen molar-refractivity contribution in [3.05, 3.63) is 18.2 Å². The lowest BCUT2D eigenvalue weighted by atomic mass is 10.2. The Hall–Kier alpha value is -1.36. The second-order valence-corrected chi connectivity index (χ2v) is 5.92. The van der Waals surface area contributed by atoms with Crippen LogP contribution in [0.3, 0.4) is 0 Å². The van der Waals surface area contributed by atoms with Crippen molar-refractivity contribution >= 4 is 5.91 Å². The fraction of sp³-hybridized carbons (Fsp3) is 0.733. The van der Waals surface area contributed by atoms with Gasteiger partial charge in [0.15, 0.2) is 0 Å². The molecule has 0 saturated carbocycles. The molecule has 1 aromatic heterocycles. The van der Waals surface area contributed by atoms with Gasteiger partial charge in [0, 0.05) is 38.6 Å². The molecule has 1 amide bonds. The lowest BCUT2D eigenvalue weighted by molar-refractivity contribution is -0.137. The molecule has 1 atom stereocenters. The van der Waals surface area contributed by atoms with Gasteiger partial charge in [0.1, 0.15) is 5.82 Å². The molecule has 110 valence electrons. The third kappa shape index (κ3) is 2.73. The molecule has 2 aliphatic heterocycles. The first-order chi connectivity index (χ1) is 9.75. The van der Waals surface area contributed by atoms with E-state index in [1.165, 1.54) is 12.8 Å². The average Bonchev–Trinajstić information content (AvgIpc) is 2.77. The van der Waals surface area contributed by atoms with Crippen LogP contribution in [0, 0.1) is 0 Å². The minimum atomic E-state index is -0.0291. The van der Waals surface area contributed by atoms with E-state index in [2.05, 4.69) is 19.4 Å². The molecule has 1 saturated heterocycles. The quantitative estimate of drug-likeness (QED) is 0.822. The molecule has 0 aromatic carbocycles. The number of carbonyl (C=O) groups is 1. The van der Waals surface area contributed by atoms with Gasteiger partial charge in [0.2, 0.25) is 5.91 Å². The molecule has 0 N–H and O–H groups in total. The van der Waals surface area contributed by atoms with Gasteiger partial charge in [-0.2, -0.15) is 0 Å². The van der Waals surface area contributed by atoms with E-state index in [0.717, 1.165) is 51.4 Å². The standard InChI is InChI=1S/C15H24N4O/c1-13(15(20)18-7-4-2-3-5-8-18)19-11-10-17-9-6-16-14(17)12-19/h6,9,13H,2-5,7-8,10-12H2,1H3/t13-/m0/s1. The third-order valence-corrected chi connectivity index (χ3v) is 4.60. The smallest absolute Gasteiger partial charge is 0.239 e. The first-order valence-corrected chi connectivity index (χ1v) is 7.78. The first-order valence-electron chi connectivity index (χ1n) is 7.78. The molecule has 5 heteroatoms. The summed E-state index contributed by atoms with van der Waals surface area (Å²) in [5.74, 6) is 1.37. The number of hydrogen-bond acceptors (Lipinski definition) is 3. The summed E-state index contributed by atoms with van der Waals surface area (Å²) in [5.41, 5.74) is 0. The maximum atomic E-state index is 12.7. The number of fused-ring (bicyclic) bond motifs is 1. The number of likely N-dealkylation sites (tertiary alicyclic amines) is 1. The zero-order valence-electron chi connectivity index (χ0n) is 12.3. The van der Waals surface area contributed by atoms with E-state index in [9.17, 15) is 4.79 Å². The summed E-state index contributed by atoms with van der Waals surface area (Å²) >= 11 is 0. The van der Waals surface area contributed by atoms with Gasteiger partial charge < -0.3 is 9.47 Å². The van der Waals surface area contributed by atoms with Crippen LogP contribution in [0.25, 0.3) is 0 Å². The van der Waals surface area contributed by atoms with Crippen molar-refractivity contribution in [3.8, 4) is 0 Å². The van der Waals surface area contributed by atoms with Gasteiger partial charge in [-0.3, -0.25) is 9.69 Å². The van der Waals surface area contributed by atoms with Gasteiger partial charge in [-0.1, -0.05) is 12.8 Å². The van der Waals surface area contributed by atoms with E-state index in [0.29, 0.717) is 5.91 Å². The Bertz CT molecular complexity index is 462. The summed E-state index contributed by atoms with van der Waals surface area (Å²) in [4.78, 5) is 21.4. The molecule has 0 radical (unpaired) electrons. The zero-order valence-corrected chi connectivity index (χ0v) is 12.3. The fourth-order valence-electron chi connectivity index (χ4n) is 3.23. The highest BCUT2D eigenvalue weighted by atomic mass is 16.2. The van der Waals surface area contributed by atoms with Crippen molar-refractivity contribution in [3.63, 3.8) is 0 Å². The first kappa shape index (κ1) is 13.6. The molecule has 3 rings (SSSR count). The molecular formula is C15H24N4O. The van der Waals surface area contributed by atoms with Crippen LogP contribution in [-0.2, 0) is 17.9 Å². The maximum absolute atomic E-state index is 12.7. The van der Waals surface area contributed by atoms with E-state index < -0.39 is 0 Å². The molecule has 3 heterocycles. The monoisotopic (exact) mass is 276 g/mol. The molecular weight excluding hydrogens is 252 g/mol. The summed E-state index contributed by atoms with van der Waals surface area (Å²) < 4.78 is 2.18. The minimum Gasteiger partial charge on any atom is -0.341 e. The second-order valence-electron chi connectivity index (χ2n) is 5.92. The molecule has 2 aliphatic rings. The molecule has 1 aromatic rings. The van der Waals surface area contributed by atoms with Crippen molar-refractivity contribution in [2.45, 2.75) is 51.7 Å². The highest BCUT2D eigenvalue weighted by Crippen LogP contribution is 2.17. The van der Waals surface area contributed by atoms with Gasteiger partial charge in [-0.05, 0) is 19.8 Å². The highest BCUT2D eigenvalue weighted by Gasteiger charge is 2.29. The maximum Gasteiger partial charge on any atom is 0.239 e. The molecule has 0 aliphatic carbocycles. The topological polar surface area (TPSA) is 41.4 Å². The molecule has 1 fully saturated rings. The predicted octanol–water partition coefficient (Wildman–Crippen LogP) is 1.49. The largest absolute Gasteiger partial charge is 0.341 e. The zero-order chi connectivity index (χ0) is 13.9. The number of amides is 1. The summed E-state index contributed by atoms with van der Waals surface area (Å²) in [6, 6.07) is -0.0291. The predicted molar refractivity (Wildman–Crippen MR) is 77.1 cm³/mol. The lowest BCUT2D eigenvalue weighted by Gasteiger charge is -2.34. The van der Waals surface area contributed by atoms with Crippen LogP contribution in [0.5, 0.6) is 0 Å². The van der Waals surface area contributed by atoms with Crippen molar-refractivity contribution in [2.75, 3.05) is 19.6 Å².